The molecule has 0 aromatic heterocycles. The normalized spacial score (nSPS) is 11.8. The van der Waals surface area contributed by atoms with Gasteiger partial charge in [-0.3, -0.25) is 0 Å². The molecular formula is C10H15ClFN. The second-order valence-corrected chi connectivity index (χ2v) is 2.81. The van der Waals surface area contributed by atoms with Gasteiger partial charge in [0.25, 0.3) is 0 Å². The van der Waals surface area contributed by atoms with Crippen molar-refractivity contribution in [1.29, 1.82) is 0 Å². The first-order valence-electron chi connectivity index (χ1n) is 4.23. The quantitative estimate of drug-likeness (QED) is 0.800. The van der Waals surface area contributed by atoms with Crippen molar-refractivity contribution >= 4 is 12.4 Å². The number of halogens is 2. The highest BCUT2D eigenvalue weighted by atomic mass is 35.5. The van der Waals surface area contributed by atoms with Gasteiger partial charge < -0.3 is 5.73 Å². The van der Waals surface area contributed by atoms with Crippen LogP contribution in [0.1, 0.15) is 24.6 Å². The van der Waals surface area contributed by atoms with Crippen LogP contribution in [0.2, 0.25) is 0 Å². The Balaban J connectivity index is 0.00000144. The summed E-state index contributed by atoms with van der Waals surface area (Å²) in [6, 6.07) is 9.20. The maximum atomic E-state index is 13.3. The topological polar surface area (TPSA) is 26.0 Å². The molecule has 1 nitrogen and oxygen atoms in total. The van der Waals surface area contributed by atoms with Crippen molar-refractivity contribution in [3.63, 3.8) is 0 Å². The average Bonchev–Trinajstić information content (AvgIpc) is 2.15. The lowest BCUT2D eigenvalue weighted by Gasteiger charge is -2.06. The molecule has 0 aliphatic rings. The first kappa shape index (κ1) is 12.4. The molecule has 74 valence electrons. The lowest BCUT2D eigenvalue weighted by atomic mass is 10.1. The first-order valence-corrected chi connectivity index (χ1v) is 4.23. The molecule has 0 spiro atoms. The minimum absolute atomic E-state index is 0. The minimum atomic E-state index is -0.852. The van der Waals surface area contributed by atoms with Crippen LogP contribution in [-0.4, -0.2) is 6.54 Å². The molecule has 0 bridgehead atoms. The molecule has 0 saturated heterocycles. The van der Waals surface area contributed by atoms with E-state index in [1.165, 1.54) is 0 Å². The van der Waals surface area contributed by atoms with Gasteiger partial charge >= 0.3 is 0 Å². The van der Waals surface area contributed by atoms with E-state index in [1.54, 1.807) is 12.1 Å². The van der Waals surface area contributed by atoms with Crippen molar-refractivity contribution in [3.8, 4) is 0 Å². The summed E-state index contributed by atoms with van der Waals surface area (Å²) in [6.07, 6.45) is 0.422. The van der Waals surface area contributed by atoms with E-state index < -0.39 is 6.17 Å². The molecule has 1 aromatic rings. The van der Waals surface area contributed by atoms with Gasteiger partial charge in [-0.05, 0) is 24.9 Å². The Hall–Kier alpha value is -0.600. The third-order valence-electron chi connectivity index (χ3n) is 1.82. The van der Waals surface area contributed by atoms with Crippen LogP contribution >= 0.6 is 12.4 Å². The second kappa shape index (κ2) is 6.87. The first-order chi connectivity index (χ1) is 5.84. The Labute approximate surface area is 84.5 Å². The summed E-state index contributed by atoms with van der Waals surface area (Å²) in [5, 5.41) is 0. The second-order valence-electron chi connectivity index (χ2n) is 2.81. The van der Waals surface area contributed by atoms with Gasteiger partial charge in [-0.25, -0.2) is 4.39 Å². The summed E-state index contributed by atoms with van der Waals surface area (Å²) >= 11 is 0. The zero-order valence-electron chi connectivity index (χ0n) is 7.45. The molecule has 1 unspecified atom stereocenters. The fraction of sp³-hybridized carbons (Fsp3) is 0.400. The lowest BCUT2D eigenvalue weighted by Crippen LogP contribution is -2.00. The van der Waals surface area contributed by atoms with Gasteiger partial charge in [0.1, 0.15) is 6.17 Å². The molecule has 2 N–H and O–H groups in total. The van der Waals surface area contributed by atoms with Gasteiger partial charge in [0.15, 0.2) is 0 Å². The molecule has 0 saturated carbocycles. The highest BCUT2D eigenvalue weighted by Crippen LogP contribution is 2.21. The van der Waals surface area contributed by atoms with Crippen LogP contribution in [0.5, 0.6) is 0 Å². The van der Waals surface area contributed by atoms with Crippen LogP contribution in [-0.2, 0) is 0 Å². The van der Waals surface area contributed by atoms with Gasteiger partial charge in [-0.1, -0.05) is 30.3 Å². The smallest absolute Gasteiger partial charge is 0.125 e. The average molecular weight is 204 g/mol. The molecule has 1 rings (SSSR count). The highest BCUT2D eigenvalue weighted by Gasteiger charge is 2.06. The zero-order chi connectivity index (χ0) is 8.81. The summed E-state index contributed by atoms with van der Waals surface area (Å²) in [5.74, 6) is 0. The minimum Gasteiger partial charge on any atom is -0.330 e. The monoisotopic (exact) mass is 203 g/mol. The maximum absolute atomic E-state index is 13.3. The Bertz CT molecular complexity index is 215. The Kier molecular flexibility index (Phi) is 6.55. The van der Waals surface area contributed by atoms with Crippen molar-refractivity contribution in [3.05, 3.63) is 35.9 Å². The Morgan fingerprint density at radius 2 is 1.85 bits per heavy atom. The van der Waals surface area contributed by atoms with Gasteiger partial charge in [0, 0.05) is 0 Å². The predicted molar refractivity (Wildman–Crippen MR) is 55.8 cm³/mol. The highest BCUT2D eigenvalue weighted by molar-refractivity contribution is 5.85. The van der Waals surface area contributed by atoms with E-state index in [0.717, 1.165) is 12.0 Å². The molecule has 3 heteroatoms. The number of hydrogen-bond donors (Lipinski definition) is 1. The van der Waals surface area contributed by atoms with E-state index in [0.29, 0.717) is 13.0 Å². The lowest BCUT2D eigenvalue weighted by molar-refractivity contribution is 0.318. The van der Waals surface area contributed by atoms with Crippen LogP contribution in [0.3, 0.4) is 0 Å². The zero-order valence-corrected chi connectivity index (χ0v) is 8.27. The van der Waals surface area contributed by atoms with Crippen molar-refractivity contribution in [2.45, 2.75) is 19.0 Å². The number of hydrogen-bond acceptors (Lipinski definition) is 1. The van der Waals surface area contributed by atoms with Gasteiger partial charge in [0.2, 0.25) is 0 Å². The molecule has 1 aromatic carbocycles. The molecule has 0 amide bonds. The standard InChI is InChI=1S/C10H14FN.ClH/c11-10(7-4-8-12)9-5-2-1-3-6-9;/h1-3,5-6,10H,4,7-8,12H2;1H. The van der Waals surface area contributed by atoms with Crippen molar-refractivity contribution in [2.24, 2.45) is 5.73 Å². The summed E-state index contributed by atoms with van der Waals surface area (Å²) < 4.78 is 13.3. The van der Waals surface area contributed by atoms with Crippen molar-refractivity contribution in [2.75, 3.05) is 6.54 Å². The molecule has 0 fully saturated rings. The Morgan fingerprint density at radius 3 is 2.38 bits per heavy atom. The van der Waals surface area contributed by atoms with Crippen molar-refractivity contribution in [1.82, 2.24) is 0 Å². The molecule has 0 radical (unpaired) electrons. The molecule has 1 atom stereocenters. The predicted octanol–water partition coefficient (Wildman–Crippen LogP) is 2.86. The van der Waals surface area contributed by atoms with Gasteiger partial charge in [-0.15, -0.1) is 12.4 Å². The SMILES string of the molecule is Cl.NCCCC(F)c1ccccc1. The fourth-order valence-corrected chi connectivity index (χ4v) is 1.13. The van der Waals surface area contributed by atoms with Crippen LogP contribution < -0.4 is 5.73 Å². The number of nitrogens with two attached hydrogens (primary N) is 1. The Morgan fingerprint density at radius 1 is 1.23 bits per heavy atom. The number of rotatable bonds is 4. The van der Waals surface area contributed by atoms with Crippen LogP contribution in [0.4, 0.5) is 4.39 Å². The summed E-state index contributed by atoms with van der Waals surface area (Å²) in [4.78, 5) is 0. The summed E-state index contributed by atoms with van der Waals surface area (Å²) in [6.45, 7) is 0.563. The van der Waals surface area contributed by atoms with Gasteiger partial charge in [-0.2, -0.15) is 0 Å². The number of benzene rings is 1. The van der Waals surface area contributed by atoms with Crippen LogP contribution in [0.25, 0.3) is 0 Å². The van der Waals surface area contributed by atoms with E-state index in [9.17, 15) is 4.39 Å². The molecule has 13 heavy (non-hydrogen) atoms. The van der Waals surface area contributed by atoms with Crippen LogP contribution in [0.15, 0.2) is 30.3 Å². The van der Waals surface area contributed by atoms with E-state index >= 15 is 0 Å². The third kappa shape index (κ3) is 4.25. The maximum Gasteiger partial charge on any atom is 0.125 e. The summed E-state index contributed by atoms with van der Waals surface area (Å²) in [5.41, 5.74) is 6.04. The molecule has 0 aliphatic carbocycles. The third-order valence-corrected chi connectivity index (χ3v) is 1.82. The van der Waals surface area contributed by atoms with E-state index in [-0.39, 0.29) is 12.4 Å². The fourth-order valence-electron chi connectivity index (χ4n) is 1.13. The van der Waals surface area contributed by atoms with Crippen molar-refractivity contribution < 1.29 is 4.39 Å². The molecule has 0 aliphatic heterocycles. The largest absolute Gasteiger partial charge is 0.330 e. The van der Waals surface area contributed by atoms with E-state index in [4.69, 9.17) is 5.73 Å². The molecule has 0 heterocycles. The number of alkyl halides is 1. The molecular weight excluding hydrogens is 189 g/mol. The van der Waals surface area contributed by atoms with E-state index in [1.807, 2.05) is 18.2 Å². The van der Waals surface area contributed by atoms with Crippen LogP contribution in [0, 0.1) is 0 Å². The van der Waals surface area contributed by atoms with Gasteiger partial charge in [0.05, 0.1) is 0 Å². The van der Waals surface area contributed by atoms with E-state index in [2.05, 4.69) is 0 Å². The summed E-state index contributed by atoms with van der Waals surface area (Å²) in [7, 11) is 0.